The summed E-state index contributed by atoms with van der Waals surface area (Å²) in [5.74, 6) is -0.624. The number of nitrogens with one attached hydrogen (secondary N) is 1. The maximum Gasteiger partial charge on any atom is 0.339 e. The van der Waals surface area contributed by atoms with Crippen LogP contribution in [-0.4, -0.2) is 43.2 Å². The van der Waals surface area contributed by atoms with E-state index in [-0.39, 0.29) is 27.7 Å². The van der Waals surface area contributed by atoms with Crippen molar-refractivity contribution in [2.24, 2.45) is 0 Å². The second-order valence-electron chi connectivity index (χ2n) is 6.51. The van der Waals surface area contributed by atoms with Crippen LogP contribution in [0.3, 0.4) is 0 Å². The number of halogens is 1. The smallest absolute Gasteiger partial charge is 0.339 e. The molecule has 3 rings (SSSR count). The SMILES string of the molecule is COc1ccc([N+](=O)[O-])cc1NC(=O)C(C)OC(=O)c1cc(Cl)c2c(c1)OCCCO2. The molecule has 1 N–H and O–H groups in total. The average molecular weight is 451 g/mol. The van der Waals surface area contributed by atoms with E-state index in [0.717, 1.165) is 6.07 Å². The van der Waals surface area contributed by atoms with Gasteiger partial charge in [0.15, 0.2) is 17.6 Å². The predicted octanol–water partition coefficient (Wildman–Crippen LogP) is 3.60. The van der Waals surface area contributed by atoms with Crippen LogP contribution in [0.15, 0.2) is 30.3 Å². The summed E-state index contributed by atoms with van der Waals surface area (Å²) in [7, 11) is 1.36. The number of carbonyl (C=O) groups is 2. The minimum atomic E-state index is -1.22. The summed E-state index contributed by atoms with van der Waals surface area (Å²) < 4.78 is 21.4. The number of hydrogen-bond donors (Lipinski definition) is 1. The van der Waals surface area contributed by atoms with E-state index in [9.17, 15) is 19.7 Å². The molecule has 1 atom stereocenters. The highest BCUT2D eigenvalue weighted by atomic mass is 35.5. The number of non-ortho nitro benzene ring substituents is 1. The van der Waals surface area contributed by atoms with Crippen LogP contribution in [-0.2, 0) is 9.53 Å². The molecule has 0 aromatic heterocycles. The van der Waals surface area contributed by atoms with Gasteiger partial charge in [-0.05, 0) is 25.1 Å². The van der Waals surface area contributed by atoms with Crippen LogP contribution in [0.25, 0.3) is 0 Å². The Morgan fingerprint density at radius 1 is 1.23 bits per heavy atom. The van der Waals surface area contributed by atoms with Crippen LogP contribution in [0.5, 0.6) is 17.2 Å². The van der Waals surface area contributed by atoms with Crippen molar-refractivity contribution >= 4 is 34.9 Å². The van der Waals surface area contributed by atoms with Crippen molar-refractivity contribution in [3.05, 3.63) is 51.0 Å². The number of benzene rings is 2. The molecule has 0 saturated carbocycles. The van der Waals surface area contributed by atoms with Gasteiger partial charge in [0.25, 0.3) is 11.6 Å². The van der Waals surface area contributed by atoms with Gasteiger partial charge in [0, 0.05) is 18.6 Å². The summed E-state index contributed by atoms with van der Waals surface area (Å²) in [5.41, 5.74) is -0.0763. The van der Waals surface area contributed by atoms with Crippen molar-refractivity contribution in [3.63, 3.8) is 0 Å². The second-order valence-corrected chi connectivity index (χ2v) is 6.92. The van der Waals surface area contributed by atoms with E-state index in [4.69, 9.17) is 30.5 Å². The number of nitro groups is 1. The molecule has 0 fully saturated rings. The number of fused-ring (bicyclic) bond motifs is 1. The Labute approximate surface area is 182 Å². The second kappa shape index (κ2) is 9.52. The molecule has 1 amide bonds. The fourth-order valence-corrected chi connectivity index (χ4v) is 3.04. The molecular formula is C20H19ClN2O8. The number of nitro benzene ring substituents is 1. The molecule has 1 aliphatic heterocycles. The molecule has 2 aromatic rings. The van der Waals surface area contributed by atoms with Gasteiger partial charge in [0.1, 0.15) is 5.75 Å². The number of nitrogens with zero attached hydrogens (tertiary/aromatic N) is 1. The number of methoxy groups -OCH3 is 1. The maximum atomic E-state index is 12.5. The zero-order chi connectivity index (χ0) is 22.5. The third-order valence-electron chi connectivity index (χ3n) is 4.34. The highest BCUT2D eigenvalue weighted by Crippen LogP contribution is 2.38. The lowest BCUT2D eigenvalue weighted by atomic mass is 10.2. The Hall–Kier alpha value is -3.53. The quantitative estimate of drug-likeness (QED) is 0.402. The van der Waals surface area contributed by atoms with E-state index in [1.165, 1.54) is 38.3 Å². The zero-order valence-corrected chi connectivity index (χ0v) is 17.4. The molecule has 1 unspecified atom stereocenters. The third kappa shape index (κ3) is 5.15. The largest absolute Gasteiger partial charge is 0.495 e. The van der Waals surface area contributed by atoms with Crippen LogP contribution in [0.2, 0.25) is 5.02 Å². The number of amides is 1. The normalized spacial score (nSPS) is 13.5. The first-order valence-electron chi connectivity index (χ1n) is 9.23. The lowest BCUT2D eigenvalue weighted by Gasteiger charge is -2.16. The van der Waals surface area contributed by atoms with Crippen LogP contribution in [0.4, 0.5) is 11.4 Å². The lowest BCUT2D eigenvalue weighted by Crippen LogP contribution is -2.30. The average Bonchev–Trinajstić information content (AvgIpc) is 2.99. The molecule has 0 spiro atoms. The Balaban J connectivity index is 1.72. The van der Waals surface area contributed by atoms with E-state index in [0.29, 0.717) is 31.1 Å². The van der Waals surface area contributed by atoms with Crippen LogP contribution >= 0.6 is 11.6 Å². The first kappa shape index (κ1) is 22.2. The van der Waals surface area contributed by atoms with Crippen molar-refractivity contribution in [2.45, 2.75) is 19.4 Å². The Bertz CT molecular complexity index is 1030. The monoisotopic (exact) mass is 450 g/mol. The molecule has 10 nitrogen and oxygen atoms in total. The van der Waals surface area contributed by atoms with Crippen molar-refractivity contribution in [2.75, 3.05) is 25.6 Å². The number of ether oxygens (including phenoxy) is 4. The van der Waals surface area contributed by atoms with Gasteiger partial charge in [0.2, 0.25) is 0 Å². The fourth-order valence-electron chi connectivity index (χ4n) is 2.77. The van der Waals surface area contributed by atoms with Gasteiger partial charge in [-0.3, -0.25) is 14.9 Å². The van der Waals surface area contributed by atoms with E-state index in [1.54, 1.807) is 0 Å². The molecule has 2 aromatic carbocycles. The van der Waals surface area contributed by atoms with Gasteiger partial charge in [-0.25, -0.2) is 4.79 Å². The van der Waals surface area contributed by atoms with Crippen molar-refractivity contribution in [3.8, 4) is 17.2 Å². The van der Waals surface area contributed by atoms with Crippen LogP contribution < -0.4 is 19.5 Å². The Morgan fingerprint density at radius 3 is 2.68 bits per heavy atom. The molecular weight excluding hydrogens is 432 g/mol. The zero-order valence-electron chi connectivity index (χ0n) is 16.7. The summed E-state index contributed by atoms with van der Waals surface area (Å²) >= 11 is 6.18. The first-order valence-corrected chi connectivity index (χ1v) is 9.61. The summed E-state index contributed by atoms with van der Waals surface area (Å²) in [5, 5.41) is 13.6. The lowest BCUT2D eigenvalue weighted by molar-refractivity contribution is -0.384. The van der Waals surface area contributed by atoms with Crippen molar-refractivity contribution in [1.29, 1.82) is 0 Å². The molecule has 0 saturated heterocycles. The van der Waals surface area contributed by atoms with Gasteiger partial charge in [-0.1, -0.05) is 11.6 Å². The van der Waals surface area contributed by atoms with Crippen molar-refractivity contribution < 1.29 is 33.5 Å². The highest BCUT2D eigenvalue weighted by Gasteiger charge is 2.24. The standard InChI is InChI=1S/C20H19ClN2O8/c1-11(19(24)22-15-10-13(23(26)27)4-5-16(15)28-2)31-20(25)12-8-14(21)18-17(9-12)29-6-3-7-30-18/h4-5,8-11H,3,6-7H2,1-2H3,(H,22,24). The van der Waals surface area contributed by atoms with Gasteiger partial charge < -0.3 is 24.3 Å². The minimum Gasteiger partial charge on any atom is -0.495 e. The predicted molar refractivity (Wildman–Crippen MR) is 110 cm³/mol. The Kier molecular flexibility index (Phi) is 6.81. The van der Waals surface area contributed by atoms with E-state index >= 15 is 0 Å². The summed E-state index contributed by atoms with van der Waals surface area (Å²) in [4.78, 5) is 35.4. The van der Waals surface area contributed by atoms with Crippen LogP contribution in [0, 0.1) is 10.1 Å². The Morgan fingerprint density at radius 2 is 1.97 bits per heavy atom. The maximum absolute atomic E-state index is 12.5. The molecule has 1 aliphatic rings. The van der Waals surface area contributed by atoms with E-state index in [1.807, 2.05) is 0 Å². The number of rotatable bonds is 6. The molecule has 31 heavy (non-hydrogen) atoms. The van der Waals surface area contributed by atoms with E-state index < -0.39 is 22.9 Å². The molecule has 0 aliphatic carbocycles. The molecule has 164 valence electrons. The third-order valence-corrected chi connectivity index (χ3v) is 4.62. The number of carbonyl (C=O) groups excluding carboxylic acids is 2. The summed E-state index contributed by atoms with van der Waals surface area (Å²) in [6.07, 6.45) is -0.547. The number of anilines is 1. The van der Waals surface area contributed by atoms with Gasteiger partial charge in [-0.15, -0.1) is 0 Å². The van der Waals surface area contributed by atoms with E-state index in [2.05, 4.69) is 5.32 Å². The molecule has 0 bridgehead atoms. The van der Waals surface area contributed by atoms with Gasteiger partial charge in [-0.2, -0.15) is 0 Å². The summed E-state index contributed by atoms with van der Waals surface area (Å²) in [6.45, 7) is 2.21. The van der Waals surface area contributed by atoms with Gasteiger partial charge >= 0.3 is 5.97 Å². The van der Waals surface area contributed by atoms with Crippen LogP contribution in [0.1, 0.15) is 23.7 Å². The fraction of sp³-hybridized carbons (Fsp3) is 0.300. The topological polar surface area (TPSA) is 126 Å². The molecule has 11 heteroatoms. The molecule has 0 radical (unpaired) electrons. The number of esters is 1. The first-order chi connectivity index (χ1) is 14.8. The van der Waals surface area contributed by atoms with Crippen molar-refractivity contribution in [1.82, 2.24) is 0 Å². The highest BCUT2D eigenvalue weighted by molar-refractivity contribution is 6.32. The number of hydrogen-bond acceptors (Lipinski definition) is 8. The summed E-state index contributed by atoms with van der Waals surface area (Å²) in [6, 6.07) is 6.54. The molecule has 1 heterocycles. The minimum absolute atomic E-state index is 0.0724. The van der Waals surface area contributed by atoms with Gasteiger partial charge in [0.05, 0.1) is 41.5 Å².